The topological polar surface area (TPSA) is 80.4 Å². The Morgan fingerprint density at radius 1 is 1.43 bits per heavy atom. The van der Waals surface area contributed by atoms with Crippen molar-refractivity contribution in [1.29, 1.82) is 0 Å². The van der Waals surface area contributed by atoms with Crippen LogP contribution in [0.25, 0.3) is 0 Å². The van der Waals surface area contributed by atoms with Gasteiger partial charge >= 0.3 is 0 Å². The van der Waals surface area contributed by atoms with E-state index < -0.39 is 20.3 Å². The second kappa shape index (κ2) is 5.96. The minimum Gasteiger partial charge on any atom is -0.508 e. The zero-order valence-electron chi connectivity index (χ0n) is 12.2. The SMILES string of the molecule is CC(C)(C)[C@@H]1CS[C@@H](c2cc([N+](=O)[O-])ccc2O)S(=O)C1. The summed E-state index contributed by atoms with van der Waals surface area (Å²) in [6.45, 7) is 6.38. The standard InChI is InChI=1S/C14H19NO4S2/c1-14(2,3)9-7-20-13(21(19)8-9)11-6-10(15(17)18)4-5-12(11)16/h4-6,9,13,16H,7-8H2,1-3H3/t9-,13-,21?/m1/s1. The van der Waals surface area contributed by atoms with Crippen molar-refractivity contribution < 1.29 is 14.2 Å². The van der Waals surface area contributed by atoms with Crippen LogP contribution >= 0.6 is 11.8 Å². The van der Waals surface area contributed by atoms with Crippen molar-refractivity contribution in [3.05, 3.63) is 33.9 Å². The summed E-state index contributed by atoms with van der Waals surface area (Å²) in [6.07, 6.45) is 0. The number of hydrogen-bond acceptors (Lipinski definition) is 5. The first-order valence-corrected chi connectivity index (χ1v) is 9.09. The Labute approximate surface area is 130 Å². The number of phenolic OH excluding ortho intramolecular Hbond substituents is 1. The summed E-state index contributed by atoms with van der Waals surface area (Å²) in [5, 5.41) is 20.8. The van der Waals surface area contributed by atoms with Gasteiger partial charge in [-0.15, -0.1) is 11.8 Å². The Balaban J connectivity index is 2.26. The number of non-ortho nitro benzene ring substituents is 1. The number of rotatable bonds is 2. The summed E-state index contributed by atoms with van der Waals surface area (Å²) in [5.74, 6) is 1.70. The van der Waals surface area contributed by atoms with Crippen molar-refractivity contribution in [2.75, 3.05) is 11.5 Å². The molecular weight excluding hydrogens is 310 g/mol. The number of nitro groups is 1. The maximum atomic E-state index is 12.5. The third-order valence-electron chi connectivity index (χ3n) is 3.75. The molecule has 1 aliphatic rings. The monoisotopic (exact) mass is 329 g/mol. The van der Waals surface area contributed by atoms with Gasteiger partial charge in [-0.1, -0.05) is 20.8 Å². The molecule has 7 heteroatoms. The first-order valence-electron chi connectivity index (χ1n) is 6.66. The molecule has 0 bridgehead atoms. The average molecular weight is 329 g/mol. The highest BCUT2D eigenvalue weighted by molar-refractivity contribution is 8.11. The first-order chi connectivity index (χ1) is 9.70. The van der Waals surface area contributed by atoms with Gasteiger partial charge in [0.25, 0.3) is 5.69 Å². The molecule has 1 saturated heterocycles. The van der Waals surface area contributed by atoms with E-state index in [1.165, 1.54) is 30.0 Å². The number of thioether (sulfide) groups is 1. The molecule has 0 aliphatic carbocycles. The van der Waals surface area contributed by atoms with Gasteiger partial charge < -0.3 is 5.11 Å². The summed E-state index contributed by atoms with van der Waals surface area (Å²) < 4.78 is 12.1. The van der Waals surface area contributed by atoms with Crippen LogP contribution in [-0.2, 0) is 10.8 Å². The molecule has 1 heterocycles. The van der Waals surface area contributed by atoms with Crippen LogP contribution in [0.5, 0.6) is 5.75 Å². The van der Waals surface area contributed by atoms with E-state index in [2.05, 4.69) is 20.8 Å². The van der Waals surface area contributed by atoms with Crippen molar-refractivity contribution in [2.45, 2.75) is 25.4 Å². The second-order valence-electron chi connectivity index (χ2n) is 6.28. The first kappa shape index (κ1) is 16.3. The van der Waals surface area contributed by atoms with Crippen LogP contribution in [0.15, 0.2) is 18.2 Å². The molecular formula is C14H19NO4S2. The Bertz CT molecular complexity index is 583. The molecule has 0 radical (unpaired) electrons. The molecule has 3 atom stereocenters. The fraction of sp³-hybridized carbons (Fsp3) is 0.571. The Hall–Kier alpha value is -1.08. The lowest BCUT2D eigenvalue weighted by Crippen LogP contribution is -2.33. The maximum Gasteiger partial charge on any atom is 0.270 e. The number of phenols is 1. The molecule has 0 spiro atoms. The lowest BCUT2D eigenvalue weighted by atomic mass is 9.83. The Morgan fingerprint density at radius 2 is 2.10 bits per heavy atom. The molecule has 1 N–H and O–H groups in total. The molecule has 0 aromatic heterocycles. The molecule has 1 aromatic carbocycles. The number of aromatic hydroxyl groups is 1. The van der Waals surface area contributed by atoms with Gasteiger partial charge in [0.05, 0.1) is 4.92 Å². The third-order valence-corrected chi connectivity index (χ3v) is 7.42. The average Bonchev–Trinajstić information content (AvgIpc) is 2.38. The highest BCUT2D eigenvalue weighted by atomic mass is 32.2. The van der Waals surface area contributed by atoms with E-state index in [1.807, 2.05) is 0 Å². The van der Waals surface area contributed by atoms with Gasteiger partial charge in [-0.3, -0.25) is 14.3 Å². The van der Waals surface area contributed by atoms with Gasteiger partial charge in [-0.2, -0.15) is 0 Å². The van der Waals surface area contributed by atoms with E-state index in [-0.39, 0.29) is 16.9 Å². The predicted octanol–water partition coefficient (Wildman–Crippen LogP) is 3.46. The van der Waals surface area contributed by atoms with E-state index in [0.29, 0.717) is 17.2 Å². The molecule has 0 amide bonds. The van der Waals surface area contributed by atoms with E-state index in [9.17, 15) is 19.4 Å². The van der Waals surface area contributed by atoms with Gasteiger partial charge in [0.15, 0.2) is 0 Å². The minimum atomic E-state index is -1.16. The highest BCUT2D eigenvalue weighted by Gasteiger charge is 2.36. The fourth-order valence-electron chi connectivity index (χ4n) is 2.19. The third kappa shape index (κ3) is 3.58. The maximum absolute atomic E-state index is 12.5. The van der Waals surface area contributed by atoms with Crippen molar-refractivity contribution in [1.82, 2.24) is 0 Å². The van der Waals surface area contributed by atoms with Crippen LogP contribution in [-0.4, -0.2) is 25.7 Å². The molecule has 2 rings (SSSR count). The Morgan fingerprint density at radius 3 is 2.62 bits per heavy atom. The van der Waals surface area contributed by atoms with Crippen molar-refractivity contribution >= 4 is 28.2 Å². The fourth-order valence-corrected chi connectivity index (χ4v) is 6.47. The molecule has 21 heavy (non-hydrogen) atoms. The van der Waals surface area contributed by atoms with E-state index in [4.69, 9.17) is 0 Å². The zero-order chi connectivity index (χ0) is 15.8. The van der Waals surface area contributed by atoms with Crippen LogP contribution in [0.3, 0.4) is 0 Å². The highest BCUT2D eigenvalue weighted by Crippen LogP contribution is 2.46. The molecule has 0 saturated carbocycles. The normalized spacial score (nSPS) is 26.5. The van der Waals surface area contributed by atoms with Crippen LogP contribution in [0.4, 0.5) is 5.69 Å². The van der Waals surface area contributed by atoms with Crippen molar-refractivity contribution in [2.24, 2.45) is 11.3 Å². The summed E-state index contributed by atoms with van der Waals surface area (Å²) >= 11 is 1.51. The molecule has 1 unspecified atom stereocenters. The van der Waals surface area contributed by atoms with Crippen LogP contribution in [0.2, 0.25) is 0 Å². The smallest absolute Gasteiger partial charge is 0.270 e. The van der Waals surface area contributed by atoms with Gasteiger partial charge in [0.2, 0.25) is 0 Å². The van der Waals surface area contributed by atoms with E-state index >= 15 is 0 Å². The predicted molar refractivity (Wildman–Crippen MR) is 85.9 cm³/mol. The summed E-state index contributed by atoms with van der Waals surface area (Å²) in [7, 11) is -1.16. The van der Waals surface area contributed by atoms with Crippen LogP contribution in [0.1, 0.15) is 30.9 Å². The van der Waals surface area contributed by atoms with Gasteiger partial charge in [-0.05, 0) is 23.2 Å². The van der Waals surface area contributed by atoms with Crippen LogP contribution in [0, 0.1) is 21.4 Å². The molecule has 5 nitrogen and oxygen atoms in total. The quantitative estimate of drug-likeness (QED) is 0.664. The number of hydrogen-bond donors (Lipinski definition) is 1. The number of benzene rings is 1. The largest absolute Gasteiger partial charge is 0.508 e. The lowest BCUT2D eigenvalue weighted by molar-refractivity contribution is -0.384. The van der Waals surface area contributed by atoms with E-state index in [0.717, 1.165) is 5.75 Å². The van der Waals surface area contributed by atoms with Crippen molar-refractivity contribution in [3.63, 3.8) is 0 Å². The minimum absolute atomic E-state index is 0.0272. The lowest BCUT2D eigenvalue weighted by Gasteiger charge is -2.36. The van der Waals surface area contributed by atoms with E-state index in [1.54, 1.807) is 0 Å². The summed E-state index contributed by atoms with van der Waals surface area (Å²) in [4.78, 5) is 10.4. The van der Waals surface area contributed by atoms with Crippen molar-refractivity contribution in [3.8, 4) is 5.75 Å². The summed E-state index contributed by atoms with van der Waals surface area (Å²) in [5.41, 5.74) is 0.400. The number of nitrogens with zero attached hydrogens (tertiary/aromatic N) is 1. The molecule has 116 valence electrons. The number of nitro benzene ring substituents is 1. The van der Waals surface area contributed by atoms with Gasteiger partial charge in [0, 0.05) is 34.2 Å². The second-order valence-corrected chi connectivity index (χ2v) is 9.28. The van der Waals surface area contributed by atoms with Crippen LogP contribution < -0.4 is 0 Å². The summed E-state index contributed by atoms with van der Waals surface area (Å²) in [6, 6.07) is 3.90. The molecule has 1 aliphatic heterocycles. The van der Waals surface area contributed by atoms with Gasteiger partial charge in [-0.25, -0.2) is 0 Å². The zero-order valence-corrected chi connectivity index (χ0v) is 13.9. The van der Waals surface area contributed by atoms with Gasteiger partial charge in [0.1, 0.15) is 10.3 Å². The molecule has 1 aromatic rings. The molecule has 1 fully saturated rings. The Kier molecular flexibility index (Phi) is 4.63.